The maximum atomic E-state index is 12.6. The van der Waals surface area contributed by atoms with Gasteiger partial charge in [0.25, 0.3) is 5.91 Å². The van der Waals surface area contributed by atoms with Crippen molar-refractivity contribution in [2.24, 2.45) is 0 Å². The number of nitrogens with one attached hydrogen (secondary N) is 1. The Hall–Kier alpha value is -1.61. The average molecular weight is 734 g/mol. The molecule has 0 saturated heterocycles. The van der Waals surface area contributed by atoms with Gasteiger partial charge in [0.1, 0.15) is 24.0 Å². The second kappa shape index (κ2) is 11.5. The molecule has 4 nitrogen and oxygen atoms in total. The van der Waals surface area contributed by atoms with E-state index >= 15 is 0 Å². The molecule has 3 rings (SSSR count). The van der Waals surface area contributed by atoms with E-state index in [0.717, 1.165) is 19.2 Å². The number of amides is 1. The Bertz CT molecular complexity index is 1210. The summed E-state index contributed by atoms with van der Waals surface area (Å²) < 4.78 is 8.76. The number of hydrogen-bond acceptors (Lipinski definition) is 3. The molecule has 0 unspecified atom stereocenters. The maximum Gasteiger partial charge on any atom is 0.266 e. The third-order valence-electron chi connectivity index (χ3n) is 4.51. The molecule has 0 aliphatic heterocycles. The number of anilines is 1. The molecule has 0 aliphatic rings. The van der Waals surface area contributed by atoms with Crippen LogP contribution in [0.25, 0.3) is 6.08 Å². The highest BCUT2D eigenvalue weighted by Gasteiger charge is 2.14. The molecule has 0 bridgehead atoms. The summed E-state index contributed by atoms with van der Waals surface area (Å²) in [5.41, 5.74) is 3.07. The van der Waals surface area contributed by atoms with Crippen molar-refractivity contribution >= 4 is 90.4 Å². The smallest absolute Gasteiger partial charge is 0.266 e. The number of nitrogens with zero attached hydrogens (tertiary/aromatic N) is 1. The Morgan fingerprint density at radius 2 is 1.94 bits per heavy atom. The van der Waals surface area contributed by atoms with Crippen molar-refractivity contribution in [2.45, 2.75) is 13.5 Å². The lowest BCUT2D eigenvalue weighted by Gasteiger charge is -2.12. The highest BCUT2D eigenvalue weighted by Crippen LogP contribution is 2.33. The van der Waals surface area contributed by atoms with Crippen LogP contribution < -0.4 is 10.1 Å². The van der Waals surface area contributed by atoms with Gasteiger partial charge in [0, 0.05) is 14.3 Å². The van der Waals surface area contributed by atoms with E-state index in [0.29, 0.717) is 28.6 Å². The van der Waals surface area contributed by atoms with Gasteiger partial charge < -0.3 is 10.1 Å². The van der Waals surface area contributed by atoms with Crippen LogP contribution in [0.4, 0.5) is 5.69 Å². The van der Waals surface area contributed by atoms with Gasteiger partial charge >= 0.3 is 0 Å². The molecule has 0 atom stereocenters. The first-order valence-corrected chi connectivity index (χ1v) is 12.7. The zero-order valence-electron chi connectivity index (χ0n) is 16.8. The predicted octanol–water partition coefficient (Wildman–Crippen LogP) is 7.74. The van der Waals surface area contributed by atoms with Gasteiger partial charge in [-0.25, -0.2) is 0 Å². The molecule has 162 valence electrons. The van der Waals surface area contributed by atoms with Crippen LogP contribution in [0, 0.1) is 25.4 Å². The van der Waals surface area contributed by atoms with Crippen molar-refractivity contribution < 1.29 is 9.53 Å². The third kappa shape index (κ3) is 6.47. The van der Waals surface area contributed by atoms with Crippen molar-refractivity contribution in [3.05, 3.63) is 93.5 Å². The third-order valence-corrected chi connectivity index (χ3v) is 7.03. The van der Waals surface area contributed by atoms with Crippen molar-refractivity contribution in [3.8, 4) is 11.8 Å². The summed E-state index contributed by atoms with van der Waals surface area (Å²) >= 11 is 14.1. The lowest BCUT2D eigenvalue weighted by molar-refractivity contribution is -0.112. The number of ether oxygens (including phenoxy) is 1. The first-order valence-electron chi connectivity index (χ1n) is 9.33. The second-order valence-electron chi connectivity index (χ2n) is 6.77. The number of carbonyl (C=O) groups is 1. The van der Waals surface area contributed by atoms with Crippen molar-refractivity contribution in [1.82, 2.24) is 0 Å². The molecule has 0 spiro atoms. The van der Waals surface area contributed by atoms with Crippen LogP contribution in [0.2, 0.25) is 5.02 Å². The molecular weight excluding hydrogens is 717 g/mol. The first-order chi connectivity index (χ1) is 15.3. The van der Waals surface area contributed by atoms with E-state index in [9.17, 15) is 10.1 Å². The van der Waals surface area contributed by atoms with E-state index in [-0.39, 0.29) is 5.57 Å². The molecule has 0 fully saturated rings. The average Bonchev–Trinajstić information content (AvgIpc) is 2.76. The predicted molar refractivity (Wildman–Crippen MR) is 149 cm³/mol. The Balaban J connectivity index is 1.78. The molecule has 3 aromatic carbocycles. The maximum absolute atomic E-state index is 12.6. The Morgan fingerprint density at radius 1 is 1.22 bits per heavy atom. The summed E-state index contributed by atoms with van der Waals surface area (Å²) in [6.45, 7) is 2.24. The molecule has 0 aliphatic carbocycles. The van der Waals surface area contributed by atoms with E-state index in [2.05, 4.69) is 66.4 Å². The highest BCUT2D eigenvalue weighted by atomic mass is 127. The van der Waals surface area contributed by atoms with Crippen molar-refractivity contribution in [3.63, 3.8) is 0 Å². The fourth-order valence-corrected chi connectivity index (χ4v) is 5.09. The second-order valence-corrected chi connectivity index (χ2v) is 10.4. The Morgan fingerprint density at radius 3 is 2.59 bits per heavy atom. The Kier molecular flexibility index (Phi) is 8.99. The molecule has 32 heavy (non-hydrogen) atoms. The van der Waals surface area contributed by atoms with Gasteiger partial charge in [-0.3, -0.25) is 4.79 Å². The minimum absolute atomic E-state index is 0.0142. The summed E-state index contributed by atoms with van der Waals surface area (Å²) in [5.74, 6) is 0.210. The van der Waals surface area contributed by atoms with E-state index in [4.69, 9.17) is 16.3 Å². The van der Waals surface area contributed by atoms with Gasteiger partial charge in [-0.05, 0) is 127 Å². The minimum atomic E-state index is -0.497. The molecule has 8 heteroatoms. The van der Waals surface area contributed by atoms with Crippen LogP contribution in [-0.2, 0) is 11.4 Å². The SMILES string of the molecule is Cc1c(Cl)cccc1NC(=O)/C(C#N)=C\c1cc(Br)c(OCc2ccc(I)cc2)c(I)c1. The topological polar surface area (TPSA) is 62.1 Å². The van der Waals surface area contributed by atoms with Crippen LogP contribution in [-0.4, -0.2) is 5.91 Å². The van der Waals surface area contributed by atoms with Gasteiger partial charge in [-0.15, -0.1) is 0 Å². The number of nitriles is 1. The molecule has 3 aromatic rings. The van der Waals surface area contributed by atoms with Crippen LogP contribution in [0.5, 0.6) is 5.75 Å². The fraction of sp³-hybridized carbons (Fsp3) is 0.0833. The summed E-state index contributed by atoms with van der Waals surface area (Å²) in [5, 5.41) is 12.8. The van der Waals surface area contributed by atoms with E-state index in [1.807, 2.05) is 49.4 Å². The molecule has 0 heterocycles. The summed E-state index contributed by atoms with van der Waals surface area (Å²) in [6.07, 6.45) is 1.55. The lowest BCUT2D eigenvalue weighted by atomic mass is 10.1. The molecule has 0 aromatic heterocycles. The number of benzene rings is 3. The number of hydrogen-bond donors (Lipinski definition) is 1. The van der Waals surface area contributed by atoms with Crippen LogP contribution in [0.15, 0.2) is 64.6 Å². The van der Waals surface area contributed by atoms with Gasteiger partial charge in [0.15, 0.2) is 0 Å². The van der Waals surface area contributed by atoms with Crippen molar-refractivity contribution in [1.29, 1.82) is 5.26 Å². The first kappa shape index (κ1) is 25.0. The lowest BCUT2D eigenvalue weighted by Crippen LogP contribution is -2.14. The monoisotopic (exact) mass is 732 g/mol. The molecule has 0 saturated carbocycles. The molecule has 1 amide bonds. The molecule has 0 radical (unpaired) electrons. The molecule has 1 N–H and O–H groups in total. The van der Waals surface area contributed by atoms with Gasteiger partial charge in [-0.1, -0.05) is 29.8 Å². The number of carbonyl (C=O) groups excluding carboxylic acids is 1. The normalized spacial score (nSPS) is 11.1. The summed E-state index contributed by atoms with van der Waals surface area (Å²) in [7, 11) is 0. The van der Waals surface area contributed by atoms with Crippen LogP contribution in [0.3, 0.4) is 0 Å². The number of halogens is 4. The zero-order valence-corrected chi connectivity index (χ0v) is 23.4. The van der Waals surface area contributed by atoms with E-state index in [1.54, 1.807) is 24.3 Å². The van der Waals surface area contributed by atoms with Crippen molar-refractivity contribution in [2.75, 3.05) is 5.32 Å². The largest absolute Gasteiger partial charge is 0.487 e. The van der Waals surface area contributed by atoms with Gasteiger partial charge in [0.2, 0.25) is 0 Å². The van der Waals surface area contributed by atoms with Crippen LogP contribution >= 0.6 is 72.7 Å². The fourth-order valence-electron chi connectivity index (χ4n) is 2.78. The standard InChI is InChI=1S/C24H16BrClI2N2O2/c1-14-20(26)3-2-4-22(14)30-24(31)17(12-29)9-16-10-19(25)23(21(28)11-16)32-13-15-5-7-18(27)8-6-15/h2-11H,13H2,1H3,(H,30,31)/b17-9-. The quantitative estimate of drug-likeness (QED) is 0.160. The van der Waals surface area contributed by atoms with E-state index in [1.165, 1.54) is 3.57 Å². The zero-order chi connectivity index (χ0) is 23.3. The highest BCUT2D eigenvalue weighted by molar-refractivity contribution is 14.1. The van der Waals surface area contributed by atoms with Gasteiger partial charge in [-0.2, -0.15) is 5.26 Å². The minimum Gasteiger partial charge on any atom is -0.487 e. The number of rotatable bonds is 6. The van der Waals surface area contributed by atoms with Crippen LogP contribution in [0.1, 0.15) is 16.7 Å². The summed E-state index contributed by atoms with van der Waals surface area (Å²) in [4.78, 5) is 12.6. The van der Waals surface area contributed by atoms with E-state index < -0.39 is 5.91 Å². The van der Waals surface area contributed by atoms with Gasteiger partial charge in [0.05, 0.1) is 8.04 Å². The Labute approximate surface area is 227 Å². The summed E-state index contributed by atoms with van der Waals surface area (Å²) in [6, 6.07) is 19.0. The molecular formula is C24H16BrClI2N2O2.